The number of carbonyl (C=O) groups excluding carboxylic acids is 1. The lowest BCUT2D eigenvalue weighted by atomic mass is 10.2. The van der Waals surface area contributed by atoms with Crippen LogP contribution in [0, 0.1) is 6.92 Å². The van der Waals surface area contributed by atoms with Gasteiger partial charge in [-0.15, -0.1) is 0 Å². The van der Waals surface area contributed by atoms with Gasteiger partial charge in [0.05, 0.1) is 28.2 Å². The summed E-state index contributed by atoms with van der Waals surface area (Å²) in [6.07, 6.45) is 1.56. The van der Waals surface area contributed by atoms with E-state index in [4.69, 9.17) is 14.5 Å². The molecule has 1 heterocycles. The van der Waals surface area contributed by atoms with Crippen molar-refractivity contribution in [2.24, 2.45) is 5.10 Å². The van der Waals surface area contributed by atoms with E-state index in [1.54, 1.807) is 18.3 Å². The summed E-state index contributed by atoms with van der Waals surface area (Å²) < 4.78 is 15.0. The van der Waals surface area contributed by atoms with Crippen LogP contribution in [-0.2, 0) is 4.79 Å². The van der Waals surface area contributed by atoms with Crippen LogP contribution in [0.5, 0.6) is 11.5 Å². The van der Waals surface area contributed by atoms with Crippen molar-refractivity contribution in [1.29, 1.82) is 0 Å². The number of hydrogen-bond donors (Lipinski definition) is 1. The molecule has 0 atom stereocenters. The number of nitrogens with one attached hydrogen (secondary N) is 1. The first-order valence-corrected chi connectivity index (χ1v) is 14.9. The quantitative estimate of drug-likeness (QED) is 0.181. The third-order valence-electron chi connectivity index (χ3n) is 5.88. The van der Waals surface area contributed by atoms with Gasteiger partial charge in [-0.3, -0.25) is 9.59 Å². The van der Waals surface area contributed by atoms with Gasteiger partial charge in [-0.25, -0.2) is 4.98 Å². The van der Waals surface area contributed by atoms with E-state index in [9.17, 15) is 9.59 Å². The van der Waals surface area contributed by atoms with Crippen molar-refractivity contribution in [3.05, 3.63) is 89.3 Å². The highest BCUT2D eigenvalue weighted by atomic mass is 79.9. The fourth-order valence-corrected chi connectivity index (χ4v) is 5.20. The Kier molecular flexibility index (Phi) is 9.81. The zero-order valence-electron chi connectivity index (χ0n) is 22.3. The van der Waals surface area contributed by atoms with Crippen molar-refractivity contribution >= 4 is 76.5 Å². The molecule has 0 aliphatic rings. The number of anilines is 1. The van der Waals surface area contributed by atoms with Crippen molar-refractivity contribution in [1.82, 2.24) is 9.66 Å². The number of hydrogen-bond acceptors (Lipinski definition) is 6. The molecule has 0 aliphatic carbocycles. The van der Waals surface area contributed by atoms with Crippen molar-refractivity contribution in [2.75, 3.05) is 18.5 Å². The van der Waals surface area contributed by atoms with E-state index in [0.717, 1.165) is 15.7 Å². The topological polar surface area (TPSA) is 94.8 Å². The van der Waals surface area contributed by atoms with Crippen LogP contribution in [-0.4, -0.2) is 35.0 Å². The number of aromatic nitrogens is 2. The van der Waals surface area contributed by atoms with Gasteiger partial charge < -0.3 is 14.8 Å². The van der Waals surface area contributed by atoms with E-state index in [1.807, 2.05) is 64.1 Å². The number of amides is 1. The van der Waals surface area contributed by atoms with Gasteiger partial charge in [0.25, 0.3) is 11.5 Å². The Morgan fingerprint density at radius 1 is 1.10 bits per heavy atom. The highest BCUT2D eigenvalue weighted by Crippen LogP contribution is 2.42. The van der Waals surface area contributed by atoms with Crippen LogP contribution < -0.4 is 20.3 Å². The maximum Gasteiger partial charge on any atom is 0.282 e. The summed E-state index contributed by atoms with van der Waals surface area (Å²) >= 11 is 10.6. The van der Waals surface area contributed by atoms with Crippen LogP contribution in [0.2, 0.25) is 0 Å². The number of carbonyl (C=O) groups is 1. The van der Waals surface area contributed by atoms with E-state index in [1.165, 1.54) is 4.68 Å². The Hall–Kier alpha value is -3.02. The molecule has 11 heteroatoms. The van der Waals surface area contributed by atoms with E-state index < -0.39 is 0 Å². The molecule has 0 aliphatic heterocycles. The molecule has 3 aromatic carbocycles. The standard InChI is InChI=1S/C29H27Br3N4O4/c1-5-39-23-12-18(14-33-36-28(16(2)3)35-22-11-10-19(30)13-20(22)29(36)38)25(31)26(32)27(23)40-15-24(37)34-21-9-7-6-8-17(21)4/h6-14,16H,5,15H2,1-4H3,(H,34,37). The molecule has 0 spiro atoms. The van der Waals surface area contributed by atoms with Crippen molar-refractivity contribution < 1.29 is 14.3 Å². The lowest BCUT2D eigenvalue weighted by Gasteiger charge is -2.17. The van der Waals surface area contributed by atoms with Gasteiger partial charge in [0.15, 0.2) is 18.1 Å². The van der Waals surface area contributed by atoms with E-state index in [2.05, 4.69) is 58.2 Å². The maximum atomic E-state index is 13.4. The average molecular weight is 735 g/mol. The molecule has 8 nitrogen and oxygen atoms in total. The van der Waals surface area contributed by atoms with Crippen LogP contribution in [0.4, 0.5) is 5.69 Å². The number of benzene rings is 3. The first-order chi connectivity index (χ1) is 19.1. The van der Waals surface area contributed by atoms with Crippen LogP contribution in [0.3, 0.4) is 0 Å². The second-order valence-corrected chi connectivity index (χ2v) is 11.7. The number of para-hydroxylation sites is 1. The summed E-state index contributed by atoms with van der Waals surface area (Å²) in [4.78, 5) is 30.7. The van der Waals surface area contributed by atoms with Gasteiger partial charge in [0, 0.05) is 26.1 Å². The molecule has 0 bridgehead atoms. The predicted molar refractivity (Wildman–Crippen MR) is 169 cm³/mol. The van der Waals surface area contributed by atoms with Gasteiger partial charge in [0.1, 0.15) is 5.82 Å². The zero-order valence-corrected chi connectivity index (χ0v) is 27.1. The third kappa shape index (κ3) is 6.64. The minimum absolute atomic E-state index is 0.0475. The second-order valence-electron chi connectivity index (χ2n) is 9.15. The Balaban J connectivity index is 1.67. The minimum Gasteiger partial charge on any atom is -0.490 e. The smallest absolute Gasteiger partial charge is 0.282 e. The monoisotopic (exact) mass is 732 g/mol. The Morgan fingerprint density at radius 3 is 2.55 bits per heavy atom. The molecule has 0 fully saturated rings. The van der Waals surface area contributed by atoms with Crippen molar-refractivity contribution in [3.8, 4) is 11.5 Å². The average Bonchev–Trinajstić information content (AvgIpc) is 2.92. The third-order valence-corrected chi connectivity index (χ3v) is 8.52. The van der Waals surface area contributed by atoms with Crippen LogP contribution in [0.25, 0.3) is 10.9 Å². The second kappa shape index (κ2) is 13.1. The summed E-state index contributed by atoms with van der Waals surface area (Å²) in [5, 5.41) is 7.84. The van der Waals surface area contributed by atoms with E-state index >= 15 is 0 Å². The fraction of sp³-hybridized carbons (Fsp3) is 0.241. The molecule has 0 radical (unpaired) electrons. The fourth-order valence-electron chi connectivity index (χ4n) is 3.90. The first-order valence-electron chi connectivity index (χ1n) is 12.5. The van der Waals surface area contributed by atoms with Gasteiger partial charge in [-0.2, -0.15) is 9.78 Å². The van der Waals surface area contributed by atoms with E-state index in [0.29, 0.717) is 49.3 Å². The number of halogens is 3. The molecule has 1 amide bonds. The highest BCUT2D eigenvalue weighted by Gasteiger charge is 2.19. The summed E-state index contributed by atoms with van der Waals surface area (Å²) in [5.41, 5.74) is 2.64. The van der Waals surface area contributed by atoms with Gasteiger partial charge >= 0.3 is 0 Å². The largest absolute Gasteiger partial charge is 0.490 e. The lowest BCUT2D eigenvalue weighted by Crippen LogP contribution is -2.23. The summed E-state index contributed by atoms with van der Waals surface area (Å²) in [5.74, 6) is 0.966. The van der Waals surface area contributed by atoms with Gasteiger partial charge in [-0.05, 0) is 81.6 Å². The molecular weight excluding hydrogens is 708 g/mol. The van der Waals surface area contributed by atoms with Gasteiger partial charge in [0.2, 0.25) is 0 Å². The summed E-state index contributed by atoms with van der Waals surface area (Å²) in [6, 6.07) is 14.7. The molecule has 1 N–H and O–H groups in total. The number of rotatable bonds is 9. The number of fused-ring (bicyclic) bond motifs is 1. The predicted octanol–water partition coefficient (Wildman–Crippen LogP) is 7.41. The molecule has 0 saturated carbocycles. The van der Waals surface area contributed by atoms with Crippen LogP contribution >= 0.6 is 47.8 Å². The lowest BCUT2D eigenvalue weighted by molar-refractivity contribution is -0.118. The maximum absolute atomic E-state index is 13.4. The van der Waals surface area contributed by atoms with Crippen molar-refractivity contribution in [3.63, 3.8) is 0 Å². The molecule has 0 unspecified atom stereocenters. The van der Waals surface area contributed by atoms with Crippen LogP contribution in [0.1, 0.15) is 43.6 Å². The van der Waals surface area contributed by atoms with Crippen molar-refractivity contribution in [2.45, 2.75) is 33.6 Å². The molecule has 4 rings (SSSR count). The zero-order chi connectivity index (χ0) is 29.0. The van der Waals surface area contributed by atoms with Crippen LogP contribution in [0.15, 0.2) is 71.8 Å². The SMILES string of the molecule is CCOc1cc(C=Nn2c(C(C)C)nc3ccc(Br)cc3c2=O)c(Br)c(Br)c1OCC(=O)Nc1ccccc1C. The molecule has 208 valence electrons. The number of ether oxygens (including phenoxy) is 2. The Morgan fingerprint density at radius 2 is 1.85 bits per heavy atom. The molecule has 1 aromatic heterocycles. The normalized spacial score (nSPS) is 11.4. The Labute approximate surface area is 257 Å². The molecule has 4 aromatic rings. The number of aryl methyl sites for hydroxylation is 1. The summed E-state index contributed by atoms with van der Waals surface area (Å²) in [6.45, 7) is 7.84. The summed E-state index contributed by atoms with van der Waals surface area (Å²) in [7, 11) is 0. The van der Waals surface area contributed by atoms with Gasteiger partial charge in [-0.1, -0.05) is 48.0 Å². The first kappa shape index (κ1) is 30.0. The molecule has 40 heavy (non-hydrogen) atoms. The minimum atomic E-state index is -0.304. The number of nitrogens with zero attached hydrogens (tertiary/aromatic N) is 3. The highest BCUT2D eigenvalue weighted by molar-refractivity contribution is 9.13. The molecule has 0 saturated heterocycles. The Bertz CT molecular complexity index is 1670. The van der Waals surface area contributed by atoms with E-state index in [-0.39, 0.29) is 24.0 Å². The molecular formula is C29H27Br3N4O4.